The summed E-state index contributed by atoms with van der Waals surface area (Å²) in [6.45, 7) is 2.34. The fourth-order valence-electron chi connectivity index (χ4n) is 2.31. The Morgan fingerprint density at radius 1 is 1.60 bits per heavy atom. The number of nitrogens with two attached hydrogens (primary N) is 1. The molecule has 1 spiro atoms. The van der Waals surface area contributed by atoms with Crippen LogP contribution in [-0.2, 0) is 14.3 Å². The number of hydrogen-bond acceptors (Lipinski definition) is 3. The maximum Gasteiger partial charge on any atom is 0.242 e. The molecule has 0 aromatic heterocycles. The minimum Gasteiger partial charge on any atom is -0.403 e. The van der Waals surface area contributed by atoms with Crippen LogP contribution in [0.4, 0.5) is 0 Å². The third kappa shape index (κ3) is 1.86. The molecule has 1 heterocycles. The first kappa shape index (κ1) is 9.21. The minimum atomic E-state index is -0.444. The highest BCUT2D eigenvalue weighted by Gasteiger charge is 2.58. The molecule has 3 N–H and O–H groups in total. The second-order valence-electron chi connectivity index (χ2n) is 4.25. The third-order valence-corrected chi connectivity index (χ3v) is 3.18. The summed E-state index contributed by atoms with van der Waals surface area (Å²) in [7, 11) is 1.55. The number of epoxide rings is 1. The third-order valence-electron chi connectivity index (χ3n) is 3.18. The van der Waals surface area contributed by atoms with Gasteiger partial charge in [-0.2, -0.15) is 0 Å². The molecular weight excluding hydrogens is 195 g/mol. The molecule has 1 aliphatic heterocycles. The molecule has 1 saturated heterocycles. The first-order chi connectivity index (χ1) is 7.62. The summed E-state index contributed by atoms with van der Waals surface area (Å²) in [6, 6.07) is 0. The van der Waals surface area contributed by atoms with Gasteiger partial charge in [0.2, 0.25) is 19.2 Å². The molecule has 1 aliphatic carbocycles. The number of hydrogen-bond donors (Lipinski definition) is 2. The summed E-state index contributed by atoms with van der Waals surface area (Å²) >= 11 is 0. The van der Waals surface area contributed by atoms with Crippen molar-refractivity contribution in [2.24, 2.45) is 17.6 Å². The number of amides is 2. The van der Waals surface area contributed by atoms with Crippen molar-refractivity contribution in [1.29, 1.82) is 0 Å². The zero-order valence-electron chi connectivity index (χ0n) is 9.58. The number of carbonyl (C=O) groups is 2. The molecule has 0 aromatic carbocycles. The van der Waals surface area contributed by atoms with Crippen LogP contribution in [-0.4, -0.2) is 31.4 Å². The van der Waals surface area contributed by atoms with Crippen LogP contribution in [0.5, 0.6) is 0 Å². The van der Waals surface area contributed by atoms with Crippen LogP contribution in [0.3, 0.4) is 0 Å². The van der Waals surface area contributed by atoms with E-state index in [2.05, 4.69) is 5.23 Å². The average molecular weight is 210 g/mol. The van der Waals surface area contributed by atoms with E-state index in [1.165, 1.54) is 0 Å². The van der Waals surface area contributed by atoms with Crippen molar-refractivity contribution in [3.63, 3.8) is 0 Å². The van der Waals surface area contributed by atoms with Crippen LogP contribution in [0.1, 0.15) is 12.8 Å². The van der Waals surface area contributed by atoms with Crippen molar-refractivity contribution in [3.05, 3.63) is 0 Å². The topological polar surface area (TPSA) is 84.7 Å². The molecule has 2 amide bonds. The van der Waals surface area contributed by atoms with Crippen molar-refractivity contribution in [1.82, 2.24) is 5.23 Å². The van der Waals surface area contributed by atoms with E-state index >= 15 is 0 Å². The van der Waals surface area contributed by atoms with E-state index < -0.39 is 11.8 Å². The van der Waals surface area contributed by atoms with Gasteiger partial charge in [-0.25, -0.2) is 0 Å². The van der Waals surface area contributed by atoms with Gasteiger partial charge in [0.15, 0.2) is 1.41 Å². The highest BCUT2D eigenvalue weighted by Crippen LogP contribution is 2.49. The second-order valence-corrected chi connectivity index (χ2v) is 4.25. The van der Waals surface area contributed by atoms with Gasteiger partial charge in [-0.3, -0.25) is 9.59 Å². The number of primary amides is 1. The second kappa shape index (κ2) is 3.52. The van der Waals surface area contributed by atoms with Gasteiger partial charge in [0, 0.05) is 0 Å². The molecule has 0 aromatic rings. The molecule has 81 valence electrons. The van der Waals surface area contributed by atoms with Gasteiger partial charge in [0.25, 0.3) is 0 Å². The Kier molecular flexibility index (Phi) is 2.16. The Balaban J connectivity index is 2.08. The van der Waals surface area contributed by atoms with Crippen LogP contribution in [0.25, 0.3) is 0 Å². The van der Waals surface area contributed by atoms with Crippen molar-refractivity contribution in [2.45, 2.75) is 25.3 Å². The average Bonchev–Trinajstić information content (AvgIpc) is 2.89. The lowest BCUT2D eigenvalue weighted by Gasteiger charge is -2.14. The minimum absolute atomic E-state index is 0.163. The predicted octanol–water partition coefficient (Wildman–Crippen LogP) is -0.950. The molecular formula is C9H14BN2O3. The van der Waals surface area contributed by atoms with E-state index in [-0.39, 0.29) is 17.4 Å². The molecule has 1 saturated carbocycles. The van der Waals surface area contributed by atoms with Gasteiger partial charge in [0.05, 0.1) is 24.0 Å². The van der Waals surface area contributed by atoms with E-state index in [1.54, 1.807) is 14.2 Å². The molecule has 15 heavy (non-hydrogen) atoms. The van der Waals surface area contributed by atoms with Crippen LogP contribution < -0.4 is 11.0 Å². The maximum absolute atomic E-state index is 11.8. The normalized spacial score (nSPS) is 38.3. The standard InChI is InChI=1S/C9H14BN2O3/c1-10-12-8(14)6-3-9(4-15-9)2-5(6)7(11)13/h5-6H,2-4H2,1H3,(H2,11,13)(H,12,14)/t5-,6-,9?/m0/s1/i/hD. The van der Waals surface area contributed by atoms with Gasteiger partial charge in [-0.05, 0) is 12.8 Å². The fraction of sp³-hybridized carbons (Fsp3) is 0.778. The van der Waals surface area contributed by atoms with Crippen LogP contribution in [0, 0.1) is 11.8 Å². The number of rotatable bonds is 3. The Hall–Kier alpha value is -1.04. The first-order valence-electron chi connectivity index (χ1n) is 5.55. The van der Waals surface area contributed by atoms with Gasteiger partial charge in [0.1, 0.15) is 0 Å². The highest BCUT2D eigenvalue weighted by molar-refractivity contribution is 6.35. The van der Waals surface area contributed by atoms with E-state index in [4.69, 9.17) is 6.15 Å². The Morgan fingerprint density at radius 2 is 2.27 bits per heavy atom. The summed E-state index contributed by atoms with van der Waals surface area (Å²) < 4.78 is 12.2. The summed E-state index contributed by atoms with van der Waals surface area (Å²) in [6.07, 6.45) is 1.12. The van der Waals surface area contributed by atoms with Crippen molar-refractivity contribution in [3.8, 4) is 0 Å². The highest BCUT2D eigenvalue weighted by atomic mass is 16.6. The molecule has 3 atom stereocenters. The SMILES string of the molecule is [2H]NC(=O)[C@H]1CC2(CO2)C[C@@H]1C(=O)N[B]C. The maximum atomic E-state index is 11.8. The van der Waals surface area contributed by atoms with Crippen LogP contribution >= 0.6 is 0 Å². The number of nitrogens with one attached hydrogen (secondary N) is 1. The zero-order chi connectivity index (χ0) is 11.8. The van der Waals surface area contributed by atoms with E-state index in [1.807, 2.05) is 5.73 Å². The molecule has 1 radical (unpaired) electrons. The summed E-state index contributed by atoms with van der Waals surface area (Å²) in [5.74, 6) is -1.39. The summed E-state index contributed by atoms with van der Waals surface area (Å²) in [5, 5.41) is 2.60. The number of carbonyl (C=O) groups excluding carboxylic acids is 2. The molecule has 2 fully saturated rings. The van der Waals surface area contributed by atoms with Crippen molar-refractivity contribution < 1.29 is 15.7 Å². The summed E-state index contributed by atoms with van der Waals surface area (Å²) in [5.41, 5.74) is 1.59. The lowest BCUT2D eigenvalue weighted by molar-refractivity contribution is -0.131. The van der Waals surface area contributed by atoms with Gasteiger partial charge < -0.3 is 15.7 Å². The summed E-state index contributed by atoms with van der Waals surface area (Å²) in [4.78, 5) is 23.3. The molecule has 5 nitrogen and oxygen atoms in total. The predicted molar refractivity (Wildman–Crippen MR) is 53.9 cm³/mol. The smallest absolute Gasteiger partial charge is 0.242 e. The largest absolute Gasteiger partial charge is 0.403 e. The molecule has 1 unspecified atom stereocenters. The van der Waals surface area contributed by atoms with Crippen LogP contribution in [0.15, 0.2) is 0 Å². The molecule has 0 bridgehead atoms. The lowest BCUT2D eigenvalue weighted by atomic mass is 9.91. The van der Waals surface area contributed by atoms with E-state index in [0.29, 0.717) is 19.4 Å². The Labute approximate surface area is 90.4 Å². The number of ether oxygens (including phenoxy) is 1. The van der Waals surface area contributed by atoms with Gasteiger partial charge in [-0.15, -0.1) is 0 Å². The lowest BCUT2D eigenvalue weighted by Crippen LogP contribution is -2.38. The molecule has 2 rings (SSSR count). The van der Waals surface area contributed by atoms with Gasteiger partial charge in [-0.1, -0.05) is 6.82 Å². The van der Waals surface area contributed by atoms with E-state index in [0.717, 1.165) is 0 Å². The Bertz CT molecular complexity index is 322. The molecule has 2 aliphatic rings. The monoisotopic (exact) mass is 210 g/mol. The first-order valence-corrected chi connectivity index (χ1v) is 5.05. The fourth-order valence-corrected chi connectivity index (χ4v) is 2.31. The van der Waals surface area contributed by atoms with Crippen molar-refractivity contribution >= 4 is 19.2 Å². The zero-order valence-corrected chi connectivity index (χ0v) is 8.58. The quantitative estimate of drug-likeness (QED) is 0.465. The Morgan fingerprint density at radius 3 is 2.80 bits per heavy atom. The molecule has 6 heteroatoms. The van der Waals surface area contributed by atoms with E-state index in [9.17, 15) is 9.59 Å². The van der Waals surface area contributed by atoms with Gasteiger partial charge >= 0.3 is 0 Å². The van der Waals surface area contributed by atoms with Crippen molar-refractivity contribution in [2.75, 3.05) is 6.61 Å². The van der Waals surface area contributed by atoms with Crippen LogP contribution in [0.2, 0.25) is 8.23 Å².